The zero-order valence-corrected chi connectivity index (χ0v) is 7.25. The first kappa shape index (κ1) is 11.4. The maximum Gasteiger partial charge on any atom is 0.237 e. The first-order valence-electron chi connectivity index (χ1n) is 4.15. The lowest BCUT2D eigenvalue weighted by atomic mass is 10.1. The molecule has 5 heteroatoms. The summed E-state index contributed by atoms with van der Waals surface area (Å²) >= 11 is 0. The van der Waals surface area contributed by atoms with Crippen molar-refractivity contribution < 1.29 is 4.79 Å². The van der Waals surface area contributed by atoms with Crippen LogP contribution >= 0.6 is 0 Å². The topological polar surface area (TPSA) is 107 Å². The molecule has 0 aliphatic heterocycles. The molecule has 0 saturated carbocycles. The third kappa shape index (κ3) is 5.06. The van der Waals surface area contributed by atoms with Crippen molar-refractivity contribution in [1.82, 2.24) is 5.32 Å². The average Bonchev–Trinajstić information content (AvgIpc) is 2.05. The fraction of sp³-hybridized carbons (Fsp3) is 0.857. The number of nitrogens with one attached hydrogen (secondary N) is 1. The van der Waals surface area contributed by atoms with Crippen LogP contribution in [0.5, 0.6) is 0 Å². The Morgan fingerprint density at radius 2 is 2.00 bits per heavy atom. The van der Waals surface area contributed by atoms with Crippen LogP contribution in [0.3, 0.4) is 0 Å². The van der Waals surface area contributed by atoms with Crippen molar-refractivity contribution in [3.05, 3.63) is 0 Å². The standard InChI is InChI=1S/C7H18N4O/c8-4-2-1-3-6(10)7(12)11-5-9/h6H,1-5,8-10H2,(H,11,12)/t6-/m0/s1. The van der Waals surface area contributed by atoms with Gasteiger partial charge in [0.2, 0.25) is 5.91 Å². The molecule has 0 unspecified atom stereocenters. The van der Waals surface area contributed by atoms with E-state index in [-0.39, 0.29) is 12.6 Å². The molecule has 0 spiro atoms. The molecule has 7 N–H and O–H groups in total. The Hall–Kier alpha value is -0.650. The van der Waals surface area contributed by atoms with Gasteiger partial charge in [0.25, 0.3) is 0 Å². The molecule has 0 bridgehead atoms. The number of rotatable bonds is 6. The van der Waals surface area contributed by atoms with Crippen LogP contribution in [0, 0.1) is 0 Å². The normalized spacial score (nSPS) is 12.6. The monoisotopic (exact) mass is 174 g/mol. The van der Waals surface area contributed by atoms with E-state index in [1.165, 1.54) is 0 Å². The minimum atomic E-state index is -0.444. The highest BCUT2D eigenvalue weighted by Crippen LogP contribution is 1.97. The minimum absolute atomic E-state index is 0.142. The lowest BCUT2D eigenvalue weighted by Gasteiger charge is -2.09. The van der Waals surface area contributed by atoms with Gasteiger partial charge in [-0.2, -0.15) is 0 Å². The molecular weight excluding hydrogens is 156 g/mol. The number of nitrogens with two attached hydrogens (primary N) is 3. The van der Waals surface area contributed by atoms with E-state index in [0.717, 1.165) is 12.8 Å². The second-order valence-electron chi connectivity index (χ2n) is 2.64. The van der Waals surface area contributed by atoms with Gasteiger partial charge in [-0.15, -0.1) is 0 Å². The number of hydrogen-bond acceptors (Lipinski definition) is 4. The summed E-state index contributed by atoms with van der Waals surface area (Å²) in [6, 6.07) is -0.444. The molecule has 0 radical (unpaired) electrons. The lowest BCUT2D eigenvalue weighted by molar-refractivity contribution is -0.122. The summed E-state index contributed by atoms with van der Waals surface area (Å²) in [7, 11) is 0. The van der Waals surface area contributed by atoms with Crippen LogP contribution in [0.2, 0.25) is 0 Å². The van der Waals surface area contributed by atoms with E-state index in [9.17, 15) is 4.79 Å². The second-order valence-corrected chi connectivity index (χ2v) is 2.64. The fourth-order valence-corrected chi connectivity index (χ4v) is 0.871. The molecule has 0 aliphatic rings. The highest BCUT2D eigenvalue weighted by molar-refractivity contribution is 5.81. The van der Waals surface area contributed by atoms with Gasteiger partial charge in [0.1, 0.15) is 0 Å². The molecule has 5 nitrogen and oxygen atoms in total. The molecule has 1 atom stereocenters. The molecule has 72 valence electrons. The molecule has 0 aromatic heterocycles. The summed E-state index contributed by atoms with van der Waals surface area (Å²) < 4.78 is 0. The van der Waals surface area contributed by atoms with Gasteiger partial charge in [0, 0.05) is 0 Å². The third-order valence-corrected chi connectivity index (χ3v) is 1.58. The van der Waals surface area contributed by atoms with Crippen LogP contribution in [0.4, 0.5) is 0 Å². The molecule has 0 rings (SSSR count). The summed E-state index contributed by atoms with van der Waals surface area (Å²) in [5.74, 6) is -0.186. The summed E-state index contributed by atoms with van der Waals surface area (Å²) in [6.07, 6.45) is 2.46. The molecular formula is C7H18N4O. The van der Waals surface area contributed by atoms with Crippen molar-refractivity contribution in [2.75, 3.05) is 13.2 Å². The minimum Gasteiger partial charge on any atom is -0.342 e. The van der Waals surface area contributed by atoms with E-state index in [1.54, 1.807) is 0 Å². The second kappa shape index (κ2) is 7.02. The largest absolute Gasteiger partial charge is 0.342 e. The summed E-state index contributed by atoms with van der Waals surface area (Å²) in [5.41, 5.74) is 15.9. The van der Waals surface area contributed by atoms with Crippen molar-refractivity contribution in [3.63, 3.8) is 0 Å². The van der Waals surface area contributed by atoms with Crippen molar-refractivity contribution in [3.8, 4) is 0 Å². The lowest BCUT2D eigenvalue weighted by Crippen LogP contribution is -2.42. The number of amides is 1. The van der Waals surface area contributed by atoms with Crippen molar-refractivity contribution >= 4 is 5.91 Å². The van der Waals surface area contributed by atoms with Crippen LogP contribution in [0.25, 0.3) is 0 Å². The van der Waals surface area contributed by atoms with Crippen LogP contribution < -0.4 is 22.5 Å². The van der Waals surface area contributed by atoms with E-state index in [0.29, 0.717) is 13.0 Å². The van der Waals surface area contributed by atoms with Gasteiger partial charge in [-0.25, -0.2) is 0 Å². The van der Waals surface area contributed by atoms with Gasteiger partial charge in [0.05, 0.1) is 12.7 Å². The fourth-order valence-electron chi connectivity index (χ4n) is 0.871. The molecule has 0 aliphatic carbocycles. The SMILES string of the molecule is NCCCC[C@H](N)C(=O)NCN. The Morgan fingerprint density at radius 1 is 1.33 bits per heavy atom. The van der Waals surface area contributed by atoms with Crippen molar-refractivity contribution in [1.29, 1.82) is 0 Å². The molecule has 1 amide bonds. The molecule has 0 heterocycles. The molecule has 0 aromatic rings. The van der Waals surface area contributed by atoms with Crippen LogP contribution in [0.1, 0.15) is 19.3 Å². The Bertz CT molecular complexity index is 129. The van der Waals surface area contributed by atoms with E-state index in [1.807, 2.05) is 0 Å². The Morgan fingerprint density at radius 3 is 2.50 bits per heavy atom. The maximum atomic E-state index is 11.0. The van der Waals surface area contributed by atoms with Gasteiger partial charge in [-0.1, -0.05) is 6.42 Å². The predicted molar refractivity (Wildman–Crippen MR) is 48.1 cm³/mol. The molecule has 0 aromatic carbocycles. The van der Waals surface area contributed by atoms with Gasteiger partial charge < -0.3 is 22.5 Å². The number of hydrogen-bond donors (Lipinski definition) is 4. The van der Waals surface area contributed by atoms with Crippen LogP contribution in [-0.4, -0.2) is 25.2 Å². The first-order valence-corrected chi connectivity index (χ1v) is 4.15. The average molecular weight is 174 g/mol. The zero-order chi connectivity index (χ0) is 9.40. The first-order chi connectivity index (χ1) is 5.72. The summed E-state index contributed by atoms with van der Waals surface area (Å²) in [5, 5.41) is 2.45. The Balaban J connectivity index is 3.42. The van der Waals surface area contributed by atoms with Crippen molar-refractivity contribution in [2.45, 2.75) is 25.3 Å². The highest BCUT2D eigenvalue weighted by Gasteiger charge is 2.10. The zero-order valence-electron chi connectivity index (χ0n) is 7.25. The highest BCUT2D eigenvalue weighted by atomic mass is 16.2. The van der Waals surface area contributed by atoms with Crippen LogP contribution in [-0.2, 0) is 4.79 Å². The van der Waals surface area contributed by atoms with E-state index < -0.39 is 6.04 Å². The predicted octanol–water partition coefficient (Wildman–Crippen LogP) is -1.52. The third-order valence-electron chi connectivity index (χ3n) is 1.58. The molecule has 0 saturated heterocycles. The van der Waals surface area contributed by atoms with E-state index in [2.05, 4.69) is 5.32 Å². The molecule has 0 fully saturated rings. The van der Waals surface area contributed by atoms with Gasteiger partial charge in [0.15, 0.2) is 0 Å². The Labute approximate surface area is 72.7 Å². The summed E-state index contributed by atoms with van der Waals surface area (Å²) in [4.78, 5) is 11.0. The number of carbonyl (C=O) groups is 1. The number of carbonyl (C=O) groups excluding carboxylic acids is 1. The van der Waals surface area contributed by atoms with E-state index in [4.69, 9.17) is 17.2 Å². The smallest absolute Gasteiger partial charge is 0.237 e. The van der Waals surface area contributed by atoms with Crippen LogP contribution in [0.15, 0.2) is 0 Å². The quantitative estimate of drug-likeness (QED) is 0.289. The van der Waals surface area contributed by atoms with Crippen molar-refractivity contribution in [2.24, 2.45) is 17.2 Å². The number of unbranched alkanes of at least 4 members (excludes halogenated alkanes) is 1. The van der Waals surface area contributed by atoms with Gasteiger partial charge >= 0.3 is 0 Å². The van der Waals surface area contributed by atoms with Gasteiger partial charge in [-0.05, 0) is 19.4 Å². The van der Waals surface area contributed by atoms with E-state index >= 15 is 0 Å². The molecule has 12 heavy (non-hydrogen) atoms. The Kier molecular flexibility index (Phi) is 6.64. The summed E-state index contributed by atoms with van der Waals surface area (Å²) in [6.45, 7) is 0.786. The maximum absolute atomic E-state index is 11.0. The van der Waals surface area contributed by atoms with Gasteiger partial charge in [-0.3, -0.25) is 4.79 Å².